The zero-order valence-corrected chi connectivity index (χ0v) is 8.78. The van der Waals surface area contributed by atoms with E-state index >= 15 is 0 Å². The van der Waals surface area contributed by atoms with E-state index in [-0.39, 0.29) is 16.6 Å². The number of halogens is 4. The van der Waals surface area contributed by atoms with E-state index in [9.17, 15) is 18.0 Å². The molecule has 0 aliphatic heterocycles. The second-order valence-corrected chi connectivity index (χ2v) is 3.33. The van der Waals surface area contributed by atoms with E-state index in [4.69, 9.17) is 5.73 Å². The first-order chi connectivity index (χ1) is 6.85. The lowest BCUT2D eigenvalue weighted by Gasteiger charge is -2.10. The number of rotatable bonds is 2. The number of nitrogens with two attached hydrogens (primary N) is 1. The molecule has 0 aromatic carbocycles. The van der Waals surface area contributed by atoms with Gasteiger partial charge in [0.15, 0.2) is 0 Å². The van der Waals surface area contributed by atoms with Gasteiger partial charge in [0.2, 0.25) is 11.3 Å². The Morgan fingerprint density at radius 2 is 2.13 bits per heavy atom. The molecule has 0 saturated heterocycles. The van der Waals surface area contributed by atoms with E-state index in [1.54, 1.807) is 0 Å². The third-order valence-electron chi connectivity index (χ3n) is 1.51. The summed E-state index contributed by atoms with van der Waals surface area (Å²) in [4.78, 5) is 13.5. The normalized spacial score (nSPS) is 11.5. The summed E-state index contributed by atoms with van der Waals surface area (Å²) in [7, 11) is 0. The van der Waals surface area contributed by atoms with Crippen LogP contribution in [0.5, 0.6) is 5.88 Å². The number of alkyl halides is 3. The van der Waals surface area contributed by atoms with Crippen LogP contribution in [-0.2, 0) is 6.54 Å². The molecule has 0 saturated carbocycles. The minimum atomic E-state index is -4.85. The first-order valence-corrected chi connectivity index (χ1v) is 4.50. The Bertz CT molecular complexity index is 416. The van der Waals surface area contributed by atoms with Gasteiger partial charge < -0.3 is 15.5 Å². The first kappa shape index (κ1) is 12.1. The number of ether oxygens (including phenoxy) is 1. The van der Waals surface area contributed by atoms with Gasteiger partial charge in [-0.15, -0.1) is 13.2 Å². The van der Waals surface area contributed by atoms with Crippen LogP contribution in [0.1, 0.15) is 5.56 Å². The number of pyridine rings is 1. The SMILES string of the molecule is NCc1c[nH]c(OC(F)(F)F)c(Br)c1=O. The Labute approximate surface area is 90.4 Å². The monoisotopic (exact) mass is 286 g/mol. The predicted octanol–water partition coefficient (Wildman–Crippen LogP) is 1.49. The van der Waals surface area contributed by atoms with Crippen LogP contribution in [0.4, 0.5) is 13.2 Å². The maximum absolute atomic E-state index is 11.8. The fraction of sp³-hybridized carbons (Fsp3) is 0.286. The van der Waals surface area contributed by atoms with Crippen LogP contribution in [0.25, 0.3) is 0 Å². The summed E-state index contributed by atoms with van der Waals surface area (Å²) in [5.74, 6) is -0.690. The smallest absolute Gasteiger partial charge is 0.389 e. The zero-order valence-electron chi connectivity index (χ0n) is 7.19. The van der Waals surface area contributed by atoms with Crippen LogP contribution in [0, 0.1) is 0 Å². The van der Waals surface area contributed by atoms with Crippen molar-refractivity contribution in [2.75, 3.05) is 0 Å². The molecular weight excluding hydrogens is 281 g/mol. The van der Waals surface area contributed by atoms with Crippen molar-refractivity contribution in [3.05, 3.63) is 26.5 Å². The lowest BCUT2D eigenvalue weighted by molar-refractivity contribution is -0.276. The number of aromatic nitrogens is 1. The Morgan fingerprint density at radius 1 is 1.53 bits per heavy atom. The van der Waals surface area contributed by atoms with Crippen molar-refractivity contribution in [1.29, 1.82) is 0 Å². The molecule has 0 atom stereocenters. The van der Waals surface area contributed by atoms with E-state index < -0.39 is 17.7 Å². The first-order valence-electron chi connectivity index (χ1n) is 3.71. The number of hydrogen-bond acceptors (Lipinski definition) is 3. The van der Waals surface area contributed by atoms with Gasteiger partial charge in [0.25, 0.3) is 0 Å². The molecule has 1 heterocycles. The van der Waals surface area contributed by atoms with Crippen molar-refractivity contribution < 1.29 is 17.9 Å². The minimum Gasteiger partial charge on any atom is -0.389 e. The van der Waals surface area contributed by atoms with Crippen LogP contribution in [-0.4, -0.2) is 11.3 Å². The Kier molecular flexibility index (Phi) is 3.40. The van der Waals surface area contributed by atoms with Crippen LogP contribution in [0.3, 0.4) is 0 Å². The van der Waals surface area contributed by atoms with Gasteiger partial charge in [-0.3, -0.25) is 4.79 Å². The van der Waals surface area contributed by atoms with Crippen molar-refractivity contribution >= 4 is 15.9 Å². The molecule has 0 bridgehead atoms. The van der Waals surface area contributed by atoms with Gasteiger partial charge in [0.05, 0.1) is 0 Å². The molecule has 0 amide bonds. The molecular formula is C7H6BrF3N2O2. The summed E-state index contributed by atoms with van der Waals surface area (Å²) < 4.78 is 38.8. The molecule has 0 radical (unpaired) electrons. The molecule has 0 unspecified atom stereocenters. The lowest BCUT2D eigenvalue weighted by atomic mass is 10.3. The van der Waals surface area contributed by atoms with Crippen LogP contribution < -0.4 is 15.9 Å². The van der Waals surface area contributed by atoms with Gasteiger partial charge in [0.1, 0.15) is 4.47 Å². The van der Waals surface area contributed by atoms with E-state index in [1.165, 1.54) is 0 Å². The topological polar surface area (TPSA) is 68.1 Å². The number of hydrogen-bond donors (Lipinski definition) is 2. The molecule has 8 heteroatoms. The van der Waals surface area contributed by atoms with E-state index in [0.29, 0.717) is 0 Å². The van der Waals surface area contributed by atoms with Crippen molar-refractivity contribution in [3.63, 3.8) is 0 Å². The van der Waals surface area contributed by atoms with Crippen molar-refractivity contribution in [2.45, 2.75) is 12.9 Å². The highest BCUT2D eigenvalue weighted by molar-refractivity contribution is 9.10. The van der Waals surface area contributed by atoms with Gasteiger partial charge in [-0.05, 0) is 15.9 Å². The minimum absolute atomic E-state index is 0.0692. The van der Waals surface area contributed by atoms with E-state index in [1.807, 2.05) is 0 Å². The molecule has 0 fully saturated rings. The summed E-state index contributed by atoms with van der Waals surface area (Å²) in [6.07, 6.45) is -3.77. The highest BCUT2D eigenvalue weighted by atomic mass is 79.9. The average molecular weight is 287 g/mol. The summed E-state index contributed by atoms with van der Waals surface area (Å²) >= 11 is 2.70. The van der Waals surface area contributed by atoms with Gasteiger partial charge in [0, 0.05) is 18.3 Å². The molecule has 1 rings (SSSR count). The molecule has 4 nitrogen and oxygen atoms in total. The van der Waals surface area contributed by atoms with Crippen LogP contribution in [0.15, 0.2) is 15.5 Å². The van der Waals surface area contributed by atoms with Gasteiger partial charge in [-0.2, -0.15) is 0 Å². The fourth-order valence-electron chi connectivity index (χ4n) is 0.867. The molecule has 1 aromatic heterocycles. The highest BCUT2D eigenvalue weighted by Crippen LogP contribution is 2.25. The summed E-state index contributed by atoms with van der Waals surface area (Å²) in [6.45, 7) is -0.0692. The predicted molar refractivity (Wildman–Crippen MR) is 49.3 cm³/mol. The zero-order chi connectivity index (χ0) is 11.6. The maximum Gasteiger partial charge on any atom is 0.574 e. The van der Waals surface area contributed by atoms with Crippen molar-refractivity contribution in [3.8, 4) is 5.88 Å². The molecule has 0 aliphatic rings. The molecule has 0 spiro atoms. The number of nitrogens with one attached hydrogen (secondary N) is 1. The van der Waals surface area contributed by atoms with Crippen LogP contribution >= 0.6 is 15.9 Å². The molecule has 0 aliphatic carbocycles. The quantitative estimate of drug-likeness (QED) is 0.866. The average Bonchev–Trinajstić information content (AvgIpc) is 2.11. The second kappa shape index (κ2) is 4.23. The van der Waals surface area contributed by atoms with E-state index in [2.05, 4.69) is 25.7 Å². The maximum atomic E-state index is 11.8. The van der Waals surface area contributed by atoms with Crippen molar-refractivity contribution in [1.82, 2.24) is 4.98 Å². The summed E-state index contributed by atoms with van der Waals surface area (Å²) in [5, 5.41) is 0. The van der Waals surface area contributed by atoms with Crippen LogP contribution in [0.2, 0.25) is 0 Å². The molecule has 3 N–H and O–H groups in total. The molecule has 15 heavy (non-hydrogen) atoms. The number of H-pyrrole nitrogens is 1. The Balaban J connectivity index is 3.13. The summed E-state index contributed by atoms with van der Waals surface area (Å²) in [6, 6.07) is 0. The van der Waals surface area contributed by atoms with Gasteiger partial charge in [-0.25, -0.2) is 0 Å². The third kappa shape index (κ3) is 2.96. The largest absolute Gasteiger partial charge is 0.574 e. The third-order valence-corrected chi connectivity index (χ3v) is 2.23. The second-order valence-electron chi connectivity index (χ2n) is 2.54. The fourth-order valence-corrected chi connectivity index (χ4v) is 1.32. The number of aromatic amines is 1. The standard InChI is InChI=1S/C7H6BrF3N2O2/c8-4-5(14)3(1-12)2-13-6(4)15-7(9,10)11/h2H,1,12H2,(H,13,14). The summed E-state index contributed by atoms with van der Waals surface area (Å²) in [5.41, 5.74) is 4.73. The molecule has 84 valence electrons. The Morgan fingerprint density at radius 3 is 2.60 bits per heavy atom. The van der Waals surface area contributed by atoms with Crippen molar-refractivity contribution in [2.24, 2.45) is 5.73 Å². The van der Waals surface area contributed by atoms with Gasteiger partial charge >= 0.3 is 6.36 Å². The Hall–Kier alpha value is -1.02. The highest BCUT2D eigenvalue weighted by Gasteiger charge is 2.32. The van der Waals surface area contributed by atoms with Gasteiger partial charge in [-0.1, -0.05) is 0 Å². The lowest BCUT2D eigenvalue weighted by Crippen LogP contribution is -2.22. The molecule has 1 aromatic rings. The van der Waals surface area contributed by atoms with E-state index in [0.717, 1.165) is 6.20 Å².